The summed E-state index contributed by atoms with van der Waals surface area (Å²) in [5.41, 5.74) is 6.71. The maximum atomic E-state index is 8.83. The highest BCUT2D eigenvalue weighted by Gasteiger charge is 2.23. The summed E-state index contributed by atoms with van der Waals surface area (Å²) in [6, 6.07) is 46.4. The molecule has 234 valence electrons. The zero-order valence-corrected chi connectivity index (χ0v) is 26.6. The highest BCUT2D eigenvalue weighted by atomic mass is 15.2. The molecule has 0 saturated carbocycles. The van der Waals surface area contributed by atoms with Crippen molar-refractivity contribution in [3.05, 3.63) is 176 Å². The molecule has 0 atom stereocenters. The van der Waals surface area contributed by atoms with Gasteiger partial charge in [-0.3, -0.25) is 4.57 Å². The summed E-state index contributed by atoms with van der Waals surface area (Å²) in [6.45, 7) is 0. The fourth-order valence-electron chi connectivity index (χ4n) is 7.14. The lowest BCUT2D eigenvalue weighted by Gasteiger charge is -2.14. The van der Waals surface area contributed by atoms with Crippen molar-refractivity contribution in [3.63, 3.8) is 0 Å². The van der Waals surface area contributed by atoms with Crippen molar-refractivity contribution in [2.45, 2.75) is 0 Å². The zero-order chi connectivity index (χ0) is 37.4. The van der Waals surface area contributed by atoms with Gasteiger partial charge in [0, 0.05) is 38.4 Å². The van der Waals surface area contributed by atoms with Gasteiger partial charge in [-0.1, -0.05) is 152 Å². The van der Waals surface area contributed by atoms with Gasteiger partial charge in [0.15, 0.2) is 11.6 Å². The molecule has 10 aromatic rings. The molecule has 0 saturated heterocycles. The Morgan fingerprint density at radius 2 is 0.940 bits per heavy atom. The van der Waals surface area contributed by atoms with Crippen LogP contribution < -0.4 is 0 Å². The quantitative estimate of drug-likeness (QED) is 0.187. The summed E-state index contributed by atoms with van der Waals surface area (Å²) in [6.07, 6.45) is 0. The van der Waals surface area contributed by atoms with Crippen molar-refractivity contribution in [1.82, 2.24) is 24.1 Å². The van der Waals surface area contributed by atoms with E-state index in [-0.39, 0.29) is 17.6 Å². The van der Waals surface area contributed by atoms with Crippen molar-refractivity contribution in [1.29, 1.82) is 0 Å². The lowest BCUT2D eigenvalue weighted by Crippen LogP contribution is -2.07. The van der Waals surface area contributed by atoms with Crippen molar-refractivity contribution < 1.29 is 6.85 Å². The number of rotatable bonds is 5. The van der Waals surface area contributed by atoms with Gasteiger partial charge < -0.3 is 4.57 Å². The van der Waals surface area contributed by atoms with Crippen molar-refractivity contribution in [2.75, 3.05) is 0 Å². The van der Waals surface area contributed by atoms with Crippen LogP contribution in [0.1, 0.15) is 6.85 Å². The first kappa shape index (κ1) is 23.5. The van der Waals surface area contributed by atoms with Crippen LogP contribution in [0, 0.1) is 0 Å². The Morgan fingerprint density at radius 3 is 1.64 bits per heavy atom. The number of aromatic nitrogens is 5. The lowest BCUT2D eigenvalue weighted by molar-refractivity contribution is 0.953. The van der Waals surface area contributed by atoms with Crippen LogP contribution in [0.5, 0.6) is 0 Å². The van der Waals surface area contributed by atoms with Crippen LogP contribution in [0.4, 0.5) is 0 Å². The second-order valence-electron chi connectivity index (χ2n) is 12.1. The highest BCUT2D eigenvalue weighted by molar-refractivity contribution is 6.23. The molecule has 0 bridgehead atoms. The Morgan fingerprint density at radius 1 is 0.400 bits per heavy atom. The van der Waals surface area contributed by atoms with E-state index in [4.69, 9.17) is 21.8 Å². The van der Waals surface area contributed by atoms with Crippen LogP contribution in [-0.4, -0.2) is 24.1 Å². The standard InChI is InChI=1S/C45H29N5/c1-4-16-30(17-5-1)33-22-10-11-25-38(33)44-46-43(31-18-6-2-7-19-31)47-45(48-44)50-40-27-15-13-24-35(40)37-29-28-36-34-23-12-14-26-39(34)49(41(36)42(37)50)32-20-8-3-9-21-32/h1-29H/i1D,4D,5D,16D,17D. The number of hydrogen-bond donors (Lipinski definition) is 0. The predicted octanol–water partition coefficient (Wildman–Crippen LogP) is 11.1. The Hall–Kier alpha value is -6.85. The van der Waals surface area contributed by atoms with Gasteiger partial charge in [0.1, 0.15) is 0 Å². The lowest BCUT2D eigenvalue weighted by atomic mass is 9.99. The van der Waals surface area contributed by atoms with Crippen LogP contribution in [0.3, 0.4) is 0 Å². The first-order valence-corrected chi connectivity index (χ1v) is 16.4. The number of benzene rings is 7. The SMILES string of the molecule is [2H]c1c([2H])c([2H])c(-c2ccccc2-c2nc(-c3ccccc3)nc(-n3c4ccccc4c4ccc5c6ccccc6n(-c6ccccc6)c5c43)n2)c([2H])c1[2H]. The van der Waals surface area contributed by atoms with Crippen molar-refractivity contribution >= 4 is 43.6 Å². The van der Waals surface area contributed by atoms with Crippen LogP contribution in [0.25, 0.3) is 89.2 Å². The van der Waals surface area contributed by atoms with Gasteiger partial charge >= 0.3 is 0 Å². The average Bonchev–Trinajstić information content (AvgIpc) is 3.76. The largest absolute Gasteiger partial charge is 0.307 e. The molecule has 0 amide bonds. The second kappa shape index (κ2) is 11.4. The van der Waals surface area contributed by atoms with E-state index in [2.05, 4.69) is 69.8 Å². The first-order valence-electron chi connectivity index (χ1n) is 18.9. The third kappa shape index (κ3) is 4.37. The number of fused-ring (bicyclic) bond motifs is 7. The number of para-hydroxylation sites is 3. The maximum Gasteiger partial charge on any atom is 0.238 e. The molecule has 5 heteroatoms. The molecule has 50 heavy (non-hydrogen) atoms. The molecule has 0 unspecified atom stereocenters. The molecule has 0 fully saturated rings. The Bertz CT molecular complexity index is 3130. The van der Waals surface area contributed by atoms with E-state index in [1.54, 1.807) is 12.1 Å². The number of nitrogens with zero attached hydrogens (tertiary/aromatic N) is 5. The minimum Gasteiger partial charge on any atom is -0.307 e. The zero-order valence-electron chi connectivity index (χ0n) is 31.6. The van der Waals surface area contributed by atoms with Gasteiger partial charge in [0.2, 0.25) is 5.95 Å². The Kier molecular flexibility index (Phi) is 5.35. The summed E-state index contributed by atoms with van der Waals surface area (Å²) in [5.74, 6) is 1.11. The highest BCUT2D eigenvalue weighted by Crippen LogP contribution is 2.41. The van der Waals surface area contributed by atoms with E-state index in [0.717, 1.165) is 54.9 Å². The molecule has 3 aromatic heterocycles. The van der Waals surface area contributed by atoms with Gasteiger partial charge in [0.05, 0.1) is 28.9 Å². The molecule has 0 aliphatic heterocycles. The number of hydrogen-bond acceptors (Lipinski definition) is 3. The molecule has 0 spiro atoms. The monoisotopic (exact) mass is 644 g/mol. The smallest absolute Gasteiger partial charge is 0.238 e. The summed E-state index contributed by atoms with van der Waals surface area (Å²) < 4.78 is 47.1. The van der Waals surface area contributed by atoms with E-state index < -0.39 is 18.1 Å². The summed E-state index contributed by atoms with van der Waals surface area (Å²) in [4.78, 5) is 15.4. The predicted molar refractivity (Wildman–Crippen MR) is 205 cm³/mol. The summed E-state index contributed by atoms with van der Waals surface area (Å²) in [7, 11) is 0. The minimum absolute atomic E-state index is 0.0794. The van der Waals surface area contributed by atoms with E-state index in [9.17, 15) is 0 Å². The average molecular weight is 645 g/mol. The molecule has 7 aromatic carbocycles. The Labute approximate surface area is 295 Å². The van der Waals surface area contributed by atoms with E-state index in [0.29, 0.717) is 28.7 Å². The van der Waals surface area contributed by atoms with Gasteiger partial charge in [-0.25, -0.2) is 4.98 Å². The van der Waals surface area contributed by atoms with Crippen LogP contribution in [0.2, 0.25) is 0 Å². The molecular formula is C45H29N5. The van der Waals surface area contributed by atoms with Crippen LogP contribution >= 0.6 is 0 Å². The van der Waals surface area contributed by atoms with Gasteiger partial charge in [0.25, 0.3) is 0 Å². The van der Waals surface area contributed by atoms with E-state index >= 15 is 0 Å². The topological polar surface area (TPSA) is 48.5 Å². The fourth-order valence-corrected chi connectivity index (χ4v) is 7.14. The molecular weight excluding hydrogens is 611 g/mol. The molecule has 10 rings (SSSR count). The minimum atomic E-state index is -0.448. The normalized spacial score (nSPS) is 13.0. The van der Waals surface area contributed by atoms with Crippen LogP contribution in [0.15, 0.2) is 176 Å². The molecule has 3 heterocycles. The van der Waals surface area contributed by atoms with Gasteiger partial charge in [-0.05, 0) is 35.4 Å². The summed E-state index contributed by atoms with van der Waals surface area (Å²) in [5, 5.41) is 4.27. The second-order valence-corrected chi connectivity index (χ2v) is 12.1. The van der Waals surface area contributed by atoms with Crippen molar-refractivity contribution in [3.8, 4) is 45.5 Å². The van der Waals surface area contributed by atoms with Crippen LogP contribution in [-0.2, 0) is 0 Å². The fraction of sp³-hybridized carbons (Fsp3) is 0. The molecule has 0 aliphatic rings. The van der Waals surface area contributed by atoms with Crippen molar-refractivity contribution in [2.24, 2.45) is 0 Å². The molecule has 0 aliphatic carbocycles. The molecule has 0 radical (unpaired) electrons. The van der Waals surface area contributed by atoms with Gasteiger partial charge in [-0.15, -0.1) is 0 Å². The Balaban J connectivity index is 1.35. The third-order valence-corrected chi connectivity index (χ3v) is 9.28. The first-order chi connectivity index (χ1) is 26.9. The van der Waals surface area contributed by atoms with Gasteiger partial charge in [-0.2, -0.15) is 9.97 Å². The molecule has 5 nitrogen and oxygen atoms in total. The summed E-state index contributed by atoms with van der Waals surface area (Å²) >= 11 is 0. The maximum absolute atomic E-state index is 8.83. The van der Waals surface area contributed by atoms with E-state index in [1.807, 2.05) is 72.8 Å². The third-order valence-electron chi connectivity index (χ3n) is 9.28. The van der Waals surface area contributed by atoms with E-state index in [1.165, 1.54) is 0 Å². The molecule has 0 N–H and O–H groups in total.